The number of Topliss-reactive ketones (excluding diaryl/α,β-unsaturated/α-hetero) is 1. The number of hydrogen-bond donors (Lipinski definition) is 2. The van der Waals surface area contributed by atoms with Crippen molar-refractivity contribution < 1.29 is 15.0 Å². The molecule has 0 saturated heterocycles. The maximum absolute atomic E-state index is 10.9. The van der Waals surface area contributed by atoms with E-state index in [1.165, 1.54) is 0 Å². The number of fused-ring (bicyclic) bond motifs is 1. The molecule has 0 spiro atoms. The van der Waals surface area contributed by atoms with E-state index >= 15 is 0 Å². The van der Waals surface area contributed by atoms with Crippen LogP contribution in [0.2, 0.25) is 0 Å². The Balaban J connectivity index is 0.000000187. The topological polar surface area (TPSA) is 57.5 Å². The number of ketones is 1. The largest absolute Gasteiger partial charge is 0.387 e. The lowest BCUT2D eigenvalue weighted by molar-refractivity contribution is -0.117. The number of aliphatic hydroxyl groups is 2. The zero-order valence-electron chi connectivity index (χ0n) is 11.7. The summed E-state index contributed by atoms with van der Waals surface area (Å²) < 4.78 is 0. The summed E-state index contributed by atoms with van der Waals surface area (Å²) in [6, 6.07) is 0. The van der Waals surface area contributed by atoms with E-state index in [0.717, 1.165) is 24.7 Å². The van der Waals surface area contributed by atoms with Crippen LogP contribution in [0.4, 0.5) is 0 Å². The van der Waals surface area contributed by atoms with Gasteiger partial charge < -0.3 is 10.2 Å². The van der Waals surface area contributed by atoms with Crippen molar-refractivity contribution >= 4 is 13.6 Å². The number of rotatable bonds is 1. The van der Waals surface area contributed by atoms with Gasteiger partial charge in [0, 0.05) is 12.8 Å². The van der Waals surface area contributed by atoms with Gasteiger partial charge in [-0.1, -0.05) is 6.08 Å². The van der Waals surface area contributed by atoms with E-state index in [1.807, 2.05) is 0 Å². The predicted molar refractivity (Wildman–Crippen MR) is 72.3 cm³/mol. The van der Waals surface area contributed by atoms with Crippen molar-refractivity contribution in [2.24, 2.45) is 11.8 Å². The molecule has 4 heteroatoms. The summed E-state index contributed by atoms with van der Waals surface area (Å²) in [7, 11) is 5.62. The van der Waals surface area contributed by atoms with Gasteiger partial charge in [-0.3, -0.25) is 4.79 Å². The fourth-order valence-electron chi connectivity index (χ4n) is 2.02. The second kappa shape index (κ2) is 5.18. The normalized spacial score (nSPS) is 27.4. The van der Waals surface area contributed by atoms with Gasteiger partial charge >= 0.3 is 0 Å². The summed E-state index contributed by atoms with van der Waals surface area (Å²) in [5.41, 5.74) is -1.03. The van der Waals surface area contributed by atoms with Gasteiger partial charge in [0.25, 0.3) is 0 Å². The number of carbonyl (C=O) groups excluding carboxylic acids is 1. The molecule has 1 fully saturated rings. The summed E-state index contributed by atoms with van der Waals surface area (Å²) in [6.45, 7) is 6.31. The Labute approximate surface area is 111 Å². The first kappa shape index (κ1) is 15.5. The van der Waals surface area contributed by atoms with Gasteiger partial charge in [0.05, 0.1) is 11.2 Å². The first-order chi connectivity index (χ1) is 8.00. The number of hydrogen-bond acceptors (Lipinski definition) is 3. The Morgan fingerprint density at radius 3 is 2.00 bits per heavy atom. The zero-order chi connectivity index (χ0) is 14.1. The van der Waals surface area contributed by atoms with E-state index in [-0.39, 0.29) is 0 Å². The van der Waals surface area contributed by atoms with Crippen LogP contribution in [0.5, 0.6) is 0 Å². The molecule has 2 rings (SSSR count). The highest BCUT2D eigenvalue weighted by Gasteiger charge is 2.34. The minimum Gasteiger partial charge on any atom is -0.387 e. The second-order valence-electron chi connectivity index (χ2n) is 6.43. The molecule has 3 nitrogen and oxygen atoms in total. The SMILES string of the molecule is CC(C)(O)C(C)(C)O.[B]C1=CC2CC(=O)CC2C1. The highest BCUT2D eigenvalue weighted by Crippen LogP contribution is 2.39. The van der Waals surface area contributed by atoms with Gasteiger partial charge in [0.15, 0.2) is 0 Å². The summed E-state index contributed by atoms with van der Waals surface area (Å²) in [6.07, 6.45) is 4.53. The van der Waals surface area contributed by atoms with Crippen LogP contribution in [0.25, 0.3) is 0 Å². The van der Waals surface area contributed by atoms with Gasteiger partial charge in [0.2, 0.25) is 0 Å². The maximum atomic E-state index is 10.9. The van der Waals surface area contributed by atoms with Crippen LogP contribution in [0.15, 0.2) is 11.5 Å². The molecule has 2 atom stereocenters. The predicted octanol–water partition coefficient (Wildman–Crippen LogP) is 1.57. The monoisotopic (exact) mass is 250 g/mol. The molecule has 0 aliphatic heterocycles. The van der Waals surface area contributed by atoms with Crippen molar-refractivity contribution in [1.29, 1.82) is 0 Å². The van der Waals surface area contributed by atoms with Crippen molar-refractivity contribution in [2.75, 3.05) is 0 Å². The lowest BCUT2D eigenvalue weighted by Gasteiger charge is -2.31. The van der Waals surface area contributed by atoms with Crippen LogP contribution in [0, 0.1) is 11.8 Å². The van der Waals surface area contributed by atoms with Crippen molar-refractivity contribution in [2.45, 2.75) is 58.2 Å². The van der Waals surface area contributed by atoms with Crippen molar-refractivity contribution in [1.82, 2.24) is 0 Å². The molecular weight excluding hydrogens is 227 g/mol. The molecule has 1 saturated carbocycles. The molecule has 0 aromatic heterocycles. The van der Waals surface area contributed by atoms with Crippen LogP contribution in [-0.4, -0.2) is 35.0 Å². The summed E-state index contributed by atoms with van der Waals surface area (Å²) >= 11 is 0. The molecule has 100 valence electrons. The highest BCUT2D eigenvalue weighted by atomic mass is 16.3. The molecule has 2 aliphatic rings. The van der Waals surface area contributed by atoms with Gasteiger partial charge in [-0.05, 0) is 46.0 Å². The molecule has 0 amide bonds. The summed E-state index contributed by atoms with van der Waals surface area (Å²) in [5.74, 6) is 1.47. The third-order valence-electron chi connectivity index (χ3n) is 3.98. The molecule has 0 heterocycles. The Hall–Kier alpha value is -0.605. The third kappa shape index (κ3) is 3.96. The molecule has 0 bridgehead atoms. The van der Waals surface area contributed by atoms with Crippen LogP contribution in [0.3, 0.4) is 0 Å². The Bertz CT molecular complexity index is 335. The fraction of sp³-hybridized carbons (Fsp3) is 0.786. The van der Waals surface area contributed by atoms with Gasteiger partial charge in [0.1, 0.15) is 13.6 Å². The minimum atomic E-state index is -1.01. The molecule has 2 aliphatic carbocycles. The summed E-state index contributed by atoms with van der Waals surface area (Å²) in [5, 5.41) is 18.2. The van der Waals surface area contributed by atoms with Gasteiger partial charge in [-0.2, -0.15) is 0 Å². The van der Waals surface area contributed by atoms with Gasteiger partial charge in [-0.25, -0.2) is 0 Å². The van der Waals surface area contributed by atoms with E-state index in [2.05, 4.69) is 6.08 Å². The average Bonchev–Trinajstić information content (AvgIpc) is 2.56. The Kier molecular flexibility index (Phi) is 4.44. The third-order valence-corrected chi connectivity index (χ3v) is 3.98. The van der Waals surface area contributed by atoms with Crippen molar-refractivity contribution in [3.05, 3.63) is 11.5 Å². The molecule has 18 heavy (non-hydrogen) atoms. The van der Waals surface area contributed by atoms with E-state index in [9.17, 15) is 4.79 Å². The van der Waals surface area contributed by atoms with E-state index < -0.39 is 11.2 Å². The van der Waals surface area contributed by atoms with Crippen LogP contribution >= 0.6 is 0 Å². The van der Waals surface area contributed by atoms with Crippen LogP contribution in [0.1, 0.15) is 47.0 Å². The first-order valence-electron chi connectivity index (χ1n) is 6.43. The van der Waals surface area contributed by atoms with Crippen LogP contribution < -0.4 is 0 Å². The number of allylic oxidation sites excluding steroid dienone is 2. The number of carbonyl (C=O) groups is 1. The lowest BCUT2D eigenvalue weighted by Crippen LogP contribution is -2.44. The standard InChI is InChI=1S/C8H9BO.C6H14O2/c9-7-1-5-3-8(10)4-6(5)2-7;1-5(2,7)6(3,4)8/h1,5-6H,2-4H2;7-8H,1-4H3. The van der Waals surface area contributed by atoms with Crippen molar-refractivity contribution in [3.63, 3.8) is 0 Å². The van der Waals surface area contributed by atoms with Crippen molar-refractivity contribution in [3.8, 4) is 0 Å². The lowest BCUT2D eigenvalue weighted by atomic mass is 9.90. The molecule has 2 unspecified atom stereocenters. The fourth-order valence-corrected chi connectivity index (χ4v) is 2.02. The highest BCUT2D eigenvalue weighted by molar-refractivity contribution is 6.22. The summed E-state index contributed by atoms with van der Waals surface area (Å²) in [4.78, 5) is 10.9. The average molecular weight is 250 g/mol. The smallest absolute Gasteiger partial charge is 0.133 e. The Morgan fingerprint density at radius 2 is 1.61 bits per heavy atom. The second-order valence-corrected chi connectivity index (χ2v) is 6.43. The van der Waals surface area contributed by atoms with Crippen LogP contribution in [-0.2, 0) is 4.79 Å². The zero-order valence-corrected chi connectivity index (χ0v) is 11.7. The molecule has 2 radical (unpaired) electrons. The van der Waals surface area contributed by atoms with Gasteiger partial charge in [-0.15, -0.1) is 5.47 Å². The van der Waals surface area contributed by atoms with E-state index in [4.69, 9.17) is 18.1 Å². The molecule has 0 aromatic rings. The molecule has 2 N–H and O–H groups in total. The molecule has 0 aromatic carbocycles. The quantitative estimate of drug-likeness (QED) is 0.694. The molecular formula is C14H23BO3. The van der Waals surface area contributed by atoms with E-state index in [0.29, 0.717) is 17.6 Å². The first-order valence-corrected chi connectivity index (χ1v) is 6.43. The maximum Gasteiger partial charge on any atom is 0.133 e. The minimum absolute atomic E-state index is 0.416. The Morgan fingerprint density at radius 1 is 1.11 bits per heavy atom. The van der Waals surface area contributed by atoms with E-state index in [1.54, 1.807) is 27.7 Å².